The number of nitrogens with one attached hydrogen (secondary N) is 1. The van der Waals surface area contributed by atoms with Gasteiger partial charge in [0.15, 0.2) is 5.96 Å². The van der Waals surface area contributed by atoms with Crippen molar-refractivity contribution in [1.82, 2.24) is 0 Å². The molecular weight excluding hydrogens is 270 g/mol. The van der Waals surface area contributed by atoms with Gasteiger partial charge in [-0.15, -0.1) is 0 Å². The third kappa shape index (κ3) is 2.88. The number of nitrogens with two attached hydrogens (primary N) is 1. The first-order valence-corrected chi connectivity index (χ1v) is 5.92. The zero-order valence-electron chi connectivity index (χ0n) is 9.03. The van der Waals surface area contributed by atoms with Crippen molar-refractivity contribution >= 4 is 27.6 Å². The fraction of sp³-hybridized carbons (Fsp3) is 0.364. The highest BCUT2D eigenvalue weighted by molar-refractivity contribution is 9.10. The number of aliphatic imine (C=N–C) groups is 1. The summed E-state index contributed by atoms with van der Waals surface area (Å²) in [6, 6.07) is 6.12. The molecular formula is C11H14BrN3O. The molecule has 0 amide bonds. The van der Waals surface area contributed by atoms with Crippen LogP contribution in [0, 0.1) is 0 Å². The Morgan fingerprint density at radius 2 is 2.31 bits per heavy atom. The van der Waals surface area contributed by atoms with E-state index in [0.717, 1.165) is 28.8 Å². The molecule has 0 unspecified atom stereocenters. The average molecular weight is 284 g/mol. The molecule has 0 aromatic heterocycles. The van der Waals surface area contributed by atoms with E-state index in [0.29, 0.717) is 12.0 Å². The number of methoxy groups -OCH3 is 1. The van der Waals surface area contributed by atoms with E-state index in [2.05, 4.69) is 26.2 Å². The molecule has 1 aliphatic carbocycles. The molecule has 0 bridgehead atoms. The molecule has 16 heavy (non-hydrogen) atoms. The van der Waals surface area contributed by atoms with Crippen LogP contribution in [0.1, 0.15) is 12.8 Å². The largest absolute Gasteiger partial charge is 0.495 e. The summed E-state index contributed by atoms with van der Waals surface area (Å²) in [6.45, 7) is 0. The van der Waals surface area contributed by atoms with E-state index >= 15 is 0 Å². The molecule has 3 N–H and O–H groups in total. The lowest BCUT2D eigenvalue weighted by Crippen LogP contribution is -2.23. The van der Waals surface area contributed by atoms with Crippen LogP contribution < -0.4 is 15.8 Å². The van der Waals surface area contributed by atoms with Gasteiger partial charge in [-0.25, -0.2) is 4.99 Å². The maximum absolute atomic E-state index is 5.76. The van der Waals surface area contributed by atoms with Gasteiger partial charge in [0.05, 0.1) is 17.6 Å². The first kappa shape index (κ1) is 11.3. The van der Waals surface area contributed by atoms with Crippen LogP contribution in [0.15, 0.2) is 27.7 Å². The van der Waals surface area contributed by atoms with Gasteiger partial charge in [-0.3, -0.25) is 0 Å². The first-order valence-electron chi connectivity index (χ1n) is 5.13. The predicted molar refractivity (Wildman–Crippen MR) is 69.0 cm³/mol. The molecule has 0 heterocycles. The maximum atomic E-state index is 5.76. The van der Waals surface area contributed by atoms with Crippen LogP contribution in [0.5, 0.6) is 5.75 Å². The summed E-state index contributed by atoms with van der Waals surface area (Å²) >= 11 is 3.39. The van der Waals surface area contributed by atoms with Crippen molar-refractivity contribution in [3.05, 3.63) is 22.7 Å². The lowest BCUT2D eigenvalue weighted by Gasteiger charge is -2.08. The molecule has 5 heteroatoms. The Balaban J connectivity index is 2.08. The Bertz CT molecular complexity index is 416. The van der Waals surface area contributed by atoms with Crippen LogP contribution in [0.4, 0.5) is 5.69 Å². The molecule has 4 nitrogen and oxygen atoms in total. The quantitative estimate of drug-likeness (QED) is 0.661. The first-order chi connectivity index (χ1) is 7.69. The minimum absolute atomic E-state index is 0.421. The lowest BCUT2D eigenvalue weighted by molar-refractivity contribution is 0.412. The fourth-order valence-corrected chi connectivity index (χ4v) is 1.73. The minimum Gasteiger partial charge on any atom is -0.495 e. The molecule has 2 rings (SSSR count). The number of halogens is 1. The molecule has 0 saturated heterocycles. The number of ether oxygens (including phenoxy) is 1. The van der Waals surface area contributed by atoms with E-state index in [1.165, 1.54) is 0 Å². The molecule has 0 aliphatic heterocycles. The van der Waals surface area contributed by atoms with Crippen molar-refractivity contribution in [3.8, 4) is 5.75 Å². The van der Waals surface area contributed by atoms with Gasteiger partial charge in [0.2, 0.25) is 0 Å². The molecule has 0 spiro atoms. The molecule has 1 saturated carbocycles. The average Bonchev–Trinajstić information content (AvgIpc) is 3.04. The normalized spacial score (nSPS) is 16.0. The predicted octanol–water partition coefficient (Wildman–Crippen LogP) is 2.35. The van der Waals surface area contributed by atoms with Gasteiger partial charge in [0.25, 0.3) is 0 Å². The van der Waals surface area contributed by atoms with Gasteiger partial charge in [-0.2, -0.15) is 0 Å². The molecule has 0 radical (unpaired) electrons. The summed E-state index contributed by atoms with van der Waals surface area (Å²) < 4.78 is 6.11. The minimum atomic E-state index is 0.421. The Morgan fingerprint density at radius 1 is 1.56 bits per heavy atom. The second-order valence-corrected chi connectivity index (χ2v) is 4.57. The third-order valence-corrected chi connectivity index (χ3v) is 2.95. The molecule has 1 aromatic rings. The molecule has 1 aromatic carbocycles. The van der Waals surface area contributed by atoms with Crippen molar-refractivity contribution in [2.45, 2.75) is 18.9 Å². The highest BCUT2D eigenvalue weighted by Gasteiger charge is 2.20. The van der Waals surface area contributed by atoms with Gasteiger partial charge in [0, 0.05) is 11.8 Å². The van der Waals surface area contributed by atoms with Crippen LogP contribution in [0.3, 0.4) is 0 Å². The van der Waals surface area contributed by atoms with Gasteiger partial charge < -0.3 is 15.8 Å². The summed E-state index contributed by atoms with van der Waals surface area (Å²) in [7, 11) is 1.63. The fourth-order valence-electron chi connectivity index (χ4n) is 1.32. The lowest BCUT2D eigenvalue weighted by atomic mass is 10.3. The van der Waals surface area contributed by atoms with E-state index in [1.54, 1.807) is 7.11 Å². The molecule has 1 aliphatic rings. The number of nitrogens with zero attached hydrogens (tertiary/aromatic N) is 1. The smallest absolute Gasteiger partial charge is 0.193 e. The van der Waals surface area contributed by atoms with E-state index in [4.69, 9.17) is 10.5 Å². The van der Waals surface area contributed by atoms with E-state index in [9.17, 15) is 0 Å². The van der Waals surface area contributed by atoms with Crippen molar-refractivity contribution in [3.63, 3.8) is 0 Å². The summed E-state index contributed by atoms with van der Waals surface area (Å²) in [5.41, 5.74) is 6.64. The SMILES string of the molecule is COc1cc(NC(N)=NC2CC2)ccc1Br. The molecule has 86 valence electrons. The van der Waals surface area contributed by atoms with E-state index < -0.39 is 0 Å². The Labute approximate surface area is 103 Å². The van der Waals surface area contributed by atoms with Crippen LogP contribution in [-0.2, 0) is 0 Å². The number of rotatable bonds is 3. The Kier molecular flexibility index (Phi) is 3.33. The van der Waals surface area contributed by atoms with Crippen molar-refractivity contribution in [2.24, 2.45) is 10.7 Å². The zero-order valence-corrected chi connectivity index (χ0v) is 10.6. The number of hydrogen-bond acceptors (Lipinski definition) is 2. The second-order valence-electron chi connectivity index (χ2n) is 3.72. The van der Waals surface area contributed by atoms with Crippen molar-refractivity contribution in [1.29, 1.82) is 0 Å². The standard InChI is InChI=1S/C11H14BrN3O/c1-16-10-6-8(4-5-9(10)12)15-11(13)14-7-2-3-7/h4-7H,2-3H2,1H3,(H3,13,14,15). The van der Waals surface area contributed by atoms with E-state index in [-0.39, 0.29) is 0 Å². The van der Waals surface area contributed by atoms with Gasteiger partial charge in [0.1, 0.15) is 5.75 Å². The van der Waals surface area contributed by atoms with Crippen molar-refractivity contribution < 1.29 is 4.74 Å². The Morgan fingerprint density at radius 3 is 2.94 bits per heavy atom. The summed E-state index contributed by atoms with van der Waals surface area (Å²) in [4.78, 5) is 4.29. The monoisotopic (exact) mass is 283 g/mol. The van der Waals surface area contributed by atoms with Crippen molar-refractivity contribution in [2.75, 3.05) is 12.4 Å². The third-order valence-electron chi connectivity index (χ3n) is 2.29. The van der Waals surface area contributed by atoms with Crippen LogP contribution in [0.2, 0.25) is 0 Å². The summed E-state index contributed by atoms with van der Waals surface area (Å²) in [5, 5.41) is 3.04. The topological polar surface area (TPSA) is 59.6 Å². The number of anilines is 1. The summed E-state index contributed by atoms with van der Waals surface area (Å²) in [6.07, 6.45) is 2.29. The number of guanidine groups is 1. The highest BCUT2D eigenvalue weighted by atomic mass is 79.9. The van der Waals surface area contributed by atoms with Crippen LogP contribution in [-0.4, -0.2) is 19.1 Å². The second kappa shape index (κ2) is 4.74. The highest BCUT2D eigenvalue weighted by Crippen LogP contribution is 2.28. The van der Waals surface area contributed by atoms with Gasteiger partial charge >= 0.3 is 0 Å². The summed E-state index contributed by atoms with van der Waals surface area (Å²) in [5.74, 6) is 1.23. The molecule has 0 atom stereocenters. The van der Waals surface area contributed by atoms with Gasteiger partial charge in [-0.1, -0.05) is 0 Å². The number of benzene rings is 1. The maximum Gasteiger partial charge on any atom is 0.193 e. The Hall–Kier alpha value is -1.23. The number of hydrogen-bond donors (Lipinski definition) is 2. The van der Waals surface area contributed by atoms with Gasteiger partial charge in [-0.05, 0) is 40.9 Å². The van der Waals surface area contributed by atoms with Crippen LogP contribution >= 0.6 is 15.9 Å². The molecule has 1 fully saturated rings. The van der Waals surface area contributed by atoms with E-state index in [1.807, 2.05) is 18.2 Å². The zero-order chi connectivity index (χ0) is 11.5. The van der Waals surface area contributed by atoms with Crippen LogP contribution in [0.25, 0.3) is 0 Å².